The molecule has 5 heteroatoms. The van der Waals surface area contributed by atoms with Gasteiger partial charge in [0, 0.05) is 19.2 Å². The van der Waals surface area contributed by atoms with E-state index in [1.165, 1.54) is 6.42 Å². The molecule has 92 valence electrons. The fraction of sp³-hybridized carbons (Fsp3) is 0.500. The number of likely N-dealkylation sites (tertiary alicyclic amines) is 1. The highest BCUT2D eigenvalue weighted by Gasteiger charge is 2.19. The molecule has 1 fully saturated rings. The Labute approximate surface area is 100 Å². The van der Waals surface area contributed by atoms with E-state index in [9.17, 15) is 10.1 Å². The van der Waals surface area contributed by atoms with E-state index < -0.39 is 4.92 Å². The summed E-state index contributed by atoms with van der Waals surface area (Å²) in [5.74, 6) is 0.721. The summed E-state index contributed by atoms with van der Waals surface area (Å²) in [5.41, 5.74) is 6.76. The number of hydrogen-bond donors (Lipinski definition) is 1. The molecule has 1 heterocycles. The Hall–Kier alpha value is -1.62. The Morgan fingerprint density at radius 1 is 1.59 bits per heavy atom. The zero-order valence-electron chi connectivity index (χ0n) is 9.93. The summed E-state index contributed by atoms with van der Waals surface area (Å²) >= 11 is 0. The van der Waals surface area contributed by atoms with Crippen molar-refractivity contribution < 1.29 is 4.92 Å². The number of nitro benzene ring substituents is 1. The van der Waals surface area contributed by atoms with Gasteiger partial charge in [0.25, 0.3) is 5.69 Å². The average Bonchev–Trinajstić information content (AvgIpc) is 2.66. The van der Waals surface area contributed by atoms with Gasteiger partial charge in [-0.2, -0.15) is 0 Å². The third-order valence-corrected chi connectivity index (χ3v) is 3.21. The van der Waals surface area contributed by atoms with Gasteiger partial charge in [0.1, 0.15) is 5.69 Å². The van der Waals surface area contributed by atoms with Gasteiger partial charge in [0.2, 0.25) is 0 Å². The maximum absolute atomic E-state index is 10.8. The van der Waals surface area contributed by atoms with E-state index in [-0.39, 0.29) is 11.4 Å². The largest absolute Gasteiger partial charge is 0.393 e. The van der Waals surface area contributed by atoms with Gasteiger partial charge in [0.05, 0.1) is 4.92 Å². The number of nitro groups is 1. The van der Waals surface area contributed by atoms with Crippen molar-refractivity contribution in [1.82, 2.24) is 4.90 Å². The topological polar surface area (TPSA) is 72.4 Å². The first-order chi connectivity index (χ1) is 8.06. The van der Waals surface area contributed by atoms with Crippen LogP contribution >= 0.6 is 0 Å². The third kappa shape index (κ3) is 2.74. The van der Waals surface area contributed by atoms with Gasteiger partial charge in [-0.3, -0.25) is 15.0 Å². The molecule has 2 rings (SSSR count). The van der Waals surface area contributed by atoms with E-state index in [4.69, 9.17) is 5.73 Å². The van der Waals surface area contributed by atoms with Crippen LogP contribution in [0.3, 0.4) is 0 Å². The Morgan fingerprint density at radius 2 is 2.35 bits per heavy atom. The van der Waals surface area contributed by atoms with Crippen LogP contribution in [-0.4, -0.2) is 22.9 Å². The van der Waals surface area contributed by atoms with Crippen LogP contribution in [0.2, 0.25) is 0 Å². The lowest BCUT2D eigenvalue weighted by Gasteiger charge is -2.15. The van der Waals surface area contributed by atoms with Crippen LogP contribution in [0.25, 0.3) is 0 Å². The summed E-state index contributed by atoms with van der Waals surface area (Å²) in [6.07, 6.45) is 1.21. The molecule has 0 radical (unpaired) electrons. The lowest BCUT2D eigenvalue weighted by Crippen LogP contribution is -2.19. The number of nitrogen functional groups attached to an aromatic ring is 1. The minimum absolute atomic E-state index is 0.00902. The van der Waals surface area contributed by atoms with Gasteiger partial charge in [0.15, 0.2) is 0 Å². The monoisotopic (exact) mass is 235 g/mol. The van der Waals surface area contributed by atoms with Crippen molar-refractivity contribution in [2.45, 2.75) is 19.9 Å². The molecule has 0 amide bonds. The van der Waals surface area contributed by atoms with E-state index in [0.717, 1.165) is 31.1 Å². The quantitative estimate of drug-likeness (QED) is 0.494. The number of nitrogens with two attached hydrogens (primary N) is 1. The van der Waals surface area contributed by atoms with Crippen molar-refractivity contribution in [2.24, 2.45) is 5.92 Å². The molecule has 1 saturated heterocycles. The number of hydrogen-bond acceptors (Lipinski definition) is 4. The second kappa shape index (κ2) is 4.71. The standard InChI is InChI=1S/C12H17N3O2/c1-9-4-5-14(7-9)8-10-2-3-11(13)12(6-10)15(16)17/h2-3,6,9H,4-5,7-8,13H2,1H3. The highest BCUT2D eigenvalue weighted by molar-refractivity contribution is 5.59. The molecule has 1 aromatic rings. The van der Waals surface area contributed by atoms with Crippen LogP contribution in [0.1, 0.15) is 18.9 Å². The maximum atomic E-state index is 10.8. The summed E-state index contributed by atoms with van der Waals surface area (Å²) in [6, 6.07) is 5.07. The fourth-order valence-corrected chi connectivity index (χ4v) is 2.27. The third-order valence-electron chi connectivity index (χ3n) is 3.21. The molecular formula is C12H17N3O2. The second-order valence-electron chi connectivity index (χ2n) is 4.78. The summed E-state index contributed by atoms with van der Waals surface area (Å²) in [7, 11) is 0. The van der Waals surface area contributed by atoms with Crippen molar-refractivity contribution in [3.8, 4) is 0 Å². The van der Waals surface area contributed by atoms with E-state index in [0.29, 0.717) is 0 Å². The minimum Gasteiger partial charge on any atom is -0.393 e. The molecule has 1 aliphatic rings. The SMILES string of the molecule is CC1CCN(Cc2ccc(N)c([N+](=O)[O-])c2)C1. The van der Waals surface area contributed by atoms with Gasteiger partial charge in [-0.1, -0.05) is 13.0 Å². The number of rotatable bonds is 3. The Bertz CT molecular complexity index is 434. The van der Waals surface area contributed by atoms with Gasteiger partial charge in [-0.25, -0.2) is 0 Å². The highest BCUT2D eigenvalue weighted by atomic mass is 16.6. The molecule has 0 spiro atoms. The molecule has 1 unspecified atom stereocenters. The molecule has 0 aromatic heterocycles. The Balaban J connectivity index is 2.11. The van der Waals surface area contributed by atoms with E-state index >= 15 is 0 Å². The summed E-state index contributed by atoms with van der Waals surface area (Å²) in [6.45, 7) is 5.13. The van der Waals surface area contributed by atoms with Crippen LogP contribution in [0.4, 0.5) is 11.4 Å². The van der Waals surface area contributed by atoms with Crippen molar-refractivity contribution >= 4 is 11.4 Å². The predicted molar refractivity (Wildman–Crippen MR) is 66.6 cm³/mol. The molecule has 0 bridgehead atoms. The van der Waals surface area contributed by atoms with Crippen LogP contribution in [0.5, 0.6) is 0 Å². The van der Waals surface area contributed by atoms with Crippen LogP contribution < -0.4 is 5.73 Å². The maximum Gasteiger partial charge on any atom is 0.292 e. The van der Waals surface area contributed by atoms with Gasteiger partial charge in [-0.15, -0.1) is 0 Å². The summed E-state index contributed by atoms with van der Waals surface area (Å²) in [5, 5.41) is 10.8. The van der Waals surface area contributed by atoms with E-state index in [1.54, 1.807) is 12.1 Å². The van der Waals surface area contributed by atoms with Crippen LogP contribution in [-0.2, 0) is 6.54 Å². The predicted octanol–water partition coefficient (Wildman–Crippen LogP) is 2.02. The van der Waals surface area contributed by atoms with Gasteiger partial charge in [-0.05, 0) is 30.5 Å². The van der Waals surface area contributed by atoms with Crippen LogP contribution in [0.15, 0.2) is 18.2 Å². The van der Waals surface area contributed by atoms with Gasteiger partial charge >= 0.3 is 0 Å². The molecule has 2 N–H and O–H groups in total. The average molecular weight is 235 g/mol. The lowest BCUT2D eigenvalue weighted by molar-refractivity contribution is -0.384. The number of benzene rings is 1. The normalized spacial score (nSPS) is 20.6. The van der Waals surface area contributed by atoms with Gasteiger partial charge < -0.3 is 5.73 Å². The summed E-state index contributed by atoms with van der Waals surface area (Å²) < 4.78 is 0. The zero-order chi connectivity index (χ0) is 12.4. The smallest absolute Gasteiger partial charge is 0.292 e. The van der Waals surface area contributed by atoms with Crippen molar-refractivity contribution in [1.29, 1.82) is 0 Å². The Kier molecular flexibility index (Phi) is 3.28. The minimum atomic E-state index is -0.425. The molecule has 17 heavy (non-hydrogen) atoms. The van der Waals surface area contributed by atoms with E-state index in [1.807, 2.05) is 6.07 Å². The Morgan fingerprint density at radius 3 is 2.94 bits per heavy atom. The second-order valence-corrected chi connectivity index (χ2v) is 4.78. The van der Waals surface area contributed by atoms with Crippen molar-refractivity contribution in [3.05, 3.63) is 33.9 Å². The van der Waals surface area contributed by atoms with Crippen LogP contribution in [0, 0.1) is 16.0 Å². The molecule has 5 nitrogen and oxygen atoms in total. The first-order valence-electron chi connectivity index (χ1n) is 5.81. The molecular weight excluding hydrogens is 218 g/mol. The molecule has 1 aromatic carbocycles. The highest BCUT2D eigenvalue weighted by Crippen LogP contribution is 2.24. The first kappa shape index (κ1) is 11.9. The zero-order valence-corrected chi connectivity index (χ0v) is 9.93. The molecule has 0 saturated carbocycles. The summed E-state index contributed by atoms with van der Waals surface area (Å²) in [4.78, 5) is 12.7. The van der Waals surface area contributed by atoms with E-state index in [2.05, 4.69) is 11.8 Å². The molecule has 1 aliphatic heterocycles. The first-order valence-corrected chi connectivity index (χ1v) is 5.81. The fourth-order valence-electron chi connectivity index (χ4n) is 2.27. The molecule has 0 aliphatic carbocycles. The van der Waals surface area contributed by atoms with Crippen molar-refractivity contribution in [2.75, 3.05) is 18.8 Å². The lowest BCUT2D eigenvalue weighted by atomic mass is 10.1. The number of anilines is 1. The number of nitrogens with zero attached hydrogens (tertiary/aromatic N) is 2. The van der Waals surface area contributed by atoms with Crippen molar-refractivity contribution in [3.63, 3.8) is 0 Å². The molecule has 1 atom stereocenters.